The minimum atomic E-state index is -3.68. The van der Waals surface area contributed by atoms with E-state index >= 15 is 0 Å². The van der Waals surface area contributed by atoms with Gasteiger partial charge in [0.15, 0.2) is 5.78 Å². The summed E-state index contributed by atoms with van der Waals surface area (Å²) in [6, 6.07) is 14.2. The first-order chi connectivity index (χ1) is 13.8. The van der Waals surface area contributed by atoms with Gasteiger partial charge in [0.1, 0.15) is 0 Å². The Morgan fingerprint density at radius 3 is 2.38 bits per heavy atom. The number of ketones is 1. The molecule has 0 saturated carbocycles. The largest absolute Gasteiger partial charge is 0.378 e. The van der Waals surface area contributed by atoms with Crippen LogP contribution in [0.1, 0.15) is 36.7 Å². The molecule has 2 aromatic carbocycles. The van der Waals surface area contributed by atoms with E-state index in [1.165, 1.54) is 22.0 Å². The van der Waals surface area contributed by atoms with E-state index in [0.717, 1.165) is 12.1 Å². The number of benzene rings is 2. The van der Waals surface area contributed by atoms with E-state index in [2.05, 4.69) is 12.2 Å². The third kappa shape index (κ3) is 5.23. The number of nitrogens with zero attached hydrogens (tertiary/aromatic N) is 1. The Morgan fingerprint density at radius 1 is 1.10 bits per heavy atom. The fraction of sp³-hybridized carbons (Fsp3) is 0.409. The molecule has 0 aliphatic carbocycles. The van der Waals surface area contributed by atoms with E-state index in [1.54, 1.807) is 12.1 Å². The second-order valence-electron chi connectivity index (χ2n) is 7.43. The molecule has 2 aromatic rings. The van der Waals surface area contributed by atoms with Crippen LogP contribution in [-0.2, 0) is 21.2 Å². The van der Waals surface area contributed by atoms with Gasteiger partial charge in [-0.2, -0.15) is 4.31 Å². The summed E-state index contributed by atoms with van der Waals surface area (Å²) in [6.07, 6.45) is 0.629. The Balaban J connectivity index is 1.71. The van der Waals surface area contributed by atoms with Gasteiger partial charge in [-0.1, -0.05) is 31.2 Å². The third-order valence-electron chi connectivity index (χ3n) is 5.00. The number of nitrogens with one attached hydrogen (secondary N) is 1. The van der Waals surface area contributed by atoms with Gasteiger partial charge in [0.2, 0.25) is 10.0 Å². The monoisotopic (exact) mass is 416 g/mol. The summed E-state index contributed by atoms with van der Waals surface area (Å²) < 4.78 is 33.1. The lowest BCUT2D eigenvalue weighted by atomic mass is 10.1. The maximum absolute atomic E-state index is 13.0. The van der Waals surface area contributed by atoms with Crippen molar-refractivity contribution in [3.05, 3.63) is 59.7 Å². The van der Waals surface area contributed by atoms with Gasteiger partial charge in [-0.25, -0.2) is 8.42 Å². The molecule has 1 fully saturated rings. The first-order valence-electron chi connectivity index (χ1n) is 9.91. The second-order valence-corrected chi connectivity index (χ2v) is 9.37. The fourth-order valence-corrected chi connectivity index (χ4v) is 5.09. The van der Waals surface area contributed by atoms with Crippen molar-refractivity contribution in [3.63, 3.8) is 0 Å². The number of sulfonamides is 1. The second kappa shape index (κ2) is 9.07. The Bertz CT molecular complexity index is 947. The molecule has 0 aromatic heterocycles. The predicted octanol–water partition coefficient (Wildman–Crippen LogP) is 3.34. The number of anilines is 1. The van der Waals surface area contributed by atoms with E-state index in [4.69, 9.17) is 4.74 Å². The van der Waals surface area contributed by atoms with Crippen molar-refractivity contribution in [2.75, 3.05) is 25.0 Å². The van der Waals surface area contributed by atoms with Crippen molar-refractivity contribution in [2.45, 2.75) is 44.3 Å². The molecule has 6 nitrogen and oxygen atoms in total. The van der Waals surface area contributed by atoms with Gasteiger partial charge in [-0.3, -0.25) is 4.79 Å². The molecular formula is C22H28N2O4S. The minimum absolute atomic E-state index is 0.0978. The zero-order valence-electron chi connectivity index (χ0n) is 17.1. The molecule has 2 unspecified atom stereocenters. The summed E-state index contributed by atoms with van der Waals surface area (Å²) in [7, 11) is -3.68. The normalized spacial score (nSPS) is 20.4. The number of rotatable bonds is 7. The van der Waals surface area contributed by atoms with Crippen molar-refractivity contribution in [1.29, 1.82) is 0 Å². The number of carbonyl (C=O) groups is 1. The highest BCUT2D eigenvalue weighted by molar-refractivity contribution is 7.89. The first kappa shape index (κ1) is 21.5. The van der Waals surface area contributed by atoms with Gasteiger partial charge in [0, 0.05) is 24.3 Å². The van der Waals surface area contributed by atoms with Crippen LogP contribution < -0.4 is 5.32 Å². The van der Waals surface area contributed by atoms with Crippen molar-refractivity contribution in [2.24, 2.45) is 0 Å². The summed E-state index contributed by atoms with van der Waals surface area (Å²) >= 11 is 0. The highest BCUT2D eigenvalue weighted by Crippen LogP contribution is 2.22. The molecule has 1 aliphatic rings. The molecule has 156 valence electrons. The van der Waals surface area contributed by atoms with Crippen LogP contribution in [0.5, 0.6) is 0 Å². The zero-order chi connectivity index (χ0) is 21.0. The predicted molar refractivity (Wildman–Crippen MR) is 114 cm³/mol. The van der Waals surface area contributed by atoms with Gasteiger partial charge in [0.25, 0.3) is 0 Å². The minimum Gasteiger partial charge on any atom is -0.378 e. The average molecular weight is 417 g/mol. The van der Waals surface area contributed by atoms with Crippen molar-refractivity contribution in [1.82, 2.24) is 4.31 Å². The Morgan fingerprint density at radius 2 is 1.76 bits per heavy atom. The molecule has 0 spiro atoms. The molecule has 3 rings (SSSR count). The standard InChI is InChI=1S/C22H28N2O4S/c1-4-18-8-10-20(11-9-18)23-13-22(25)19-6-5-7-21(12-19)29(26,27)24-14-16(2)28-17(3)15-24/h5-12,16-17,23H,4,13-15H2,1-3H3. The molecule has 1 aliphatic heterocycles. The van der Waals surface area contributed by atoms with E-state index in [9.17, 15) is 13.2 Å². The SMILES string of the molecule is CCc1ccc(NCC(=O)c2cccc(S(=O)(=O)N3CC(C)OC(C)C3)c2)cc1. The lowest BCUT2D eigenvalue weighted by molar-refractivity contribution is -0.0440. The number of aryl methyl sites for hydroxylation is 1. The first-order valence-corrected chi connectivity index (χ1v) is 11.3. The molecule has 1 saturated heterocycles. The van der Waals surface area contributed by atoms with Crippen molar-refractivity contribution >= 4 is 21.5 Å². The smallest absolute Gasteiger partial charge is 0.243 e. The molecule has 29 heavy (non-hydrogen) atoms. The Labute approximate surface area is 172 Å². The maximum Gasteiger partial charge on any atom is 0.243 e. The lowest BCUT2D eigenvalue weighted by Gasteiger charge is -2.34. The number of morpholine rings is 1. The average Bonchev–Trinajstić information content (AvgIpc) is 2.71. The van der Waals surface area contributed by atoms with Gasteiger partial charge in [-0.15, -0.1) is 0 Å². The summed E-state index contributed by atoms with van der Waals surface area (Å²) in [5.41, 5.74) is 2.46. The van der Waals surface area contributed by atoms with E-state index < -0.39 is 10.0 Å². The lowest BCUT2D eigenvalue weighted by Crippen LogP contribution is -2.48. The Hall–Kier alpha value is -2.22. The topological polar surface area (TPSA) is 75.7 Å². The molecule has 1 N–H and O–H groups in total. The summed E-state index contributed by atoms with van der Waals surface area (Å²) in [6.45, 7) is 6.51. The van der Waals surface area contributed by atoms with E-state index in [-0.39, 0.29) is 29.4 Å². The number of hydrogen-bond donors (Lipinski definition) is 1. The summed E-state index contributed by atoms with van der Waals surface area (Å²) in [5.74, 6) is -0.162. The van der Waals surface area contributed by atoms with Gasteiger partial charge >= 0.3 is 0 Å². The van der Waals surface area contributed by atoms with Crippen molar-refractivity contribution in [3.8, 4) is 0 Å². The Kier molecular flexibility index (Phi) is 6.72. The fourth-order valence-electron chi connectivity index (χ4n) is 3.45. The van der Waals surface area contributed by atoms with Crippen LogP contribution in [0.2, 0.25) is 0 Å². The molecule has 7 heteroatoms. The number of Topliss-reactive ketones (excluding diaryl/α,β-unsaturated/α-hetero) is 1. The number of carbonyl (C=O) groups excluding carboxylic acids is 1. The molecular weight excluding hydrogens is 388 g/mol. The molecule has 0 bridgehead atoms. The molecule has 0 amide bonds. The molecule has 0 radical (unpaired) electrons. The van der Waals surface area contributed by atoms with E-state index in [1.807, 2.05) is 38.1 Å². The van der Waals surface area contributed by atoms with Gasteiger partial charge in [-0.05, 0) is 50.1 Å². The highest BCUT2D eigenvalue weighted by Gasteiger charge is 2.32. The molecule has 1 heterocycles. The van der Waals surface area contributed by atoms with Crippen molar-refractivity contribution < 1.29 is 17.9 Å². The summed E-state index contributed by atoms with van der Waals surface area (Å²) in [4.78, 5) is 12.7. The van der Waals surface area contributed by atoms with Crippen LogP contribution in [0.4, 0.5) is 5.69 Å². The van der Waals surface area contributed by atoms with Crippen LogP contribution in [0.3, 0.4) is 0 Å². The van der Waals surface area contributed by atoms with E-state index in [0.29, 0.717) is 18.7 Å². The van der Waals surface area contributed by atoms with Gasteiger partial charge < -0.3 is 10.1 Å². The van der Waals surface area contributed by atoms with Crippen LogP contribution >= 0.6 is 0 Å². The number of ether oxygens (including phenoxy) is 1. The van der Waals surface area contributed by atoms with Crippen LogP contribution in [0.15, 0.2) is 53.4 Å². The van der Waals surface area contributed by atoms with Gasteiger partial charge in [0.05, 0.1) is 23.6 Å². The molecule has 2 atom stereocenters. The highest BCUT2D eigenvalue weighted by atomic mass is 32.2. The van der Waals surface area contributed by atoms with Crippen LogP contribution in [-0.4, -0.2) is 50.3 Å². The van der Waals surface area contributed by atoms with Crippen LogP contribution in [0.25, 0.3) is 0 Å². The zero-order valence-corrected chi connectivity index (χ0v) is 17.9. The maximum atomic E-state index is 13.0. The third-order valence-corrected chi connectivity index (χ3v) is 6.82. The number of hydrogen-bond acceptors (Lipinski definition) is 5. The quantitative estimate of drug-likeness (QED) is 0.701. The summed E-state index contributed by atoms with van der Waals surface area (Å²) in [5, 5.41) is 3.10. The van der Waals surface area contributed by atoms with Crippen LogP contribution in [0, 0.1) is 0 Å².